The molecule has 1 amide bonds. The summed E-state index contributed by atoms with van der Waals surface area (Å²) in [5.74, 6) is 0.995. The van der Waals surface area contributed by atoms with Crippen LogP contribution in [0.4, 0.5) is 0 Å². The molecule has 1 saturated carbocycles. The minimum atomic E-state index is -0.255. The zero-order valence-electron chi connectivity index (χ0n) is 10.9. The summed E-state index contributed by atoms with van der Waals surface area (Å²) in [6.45, 7) is 0. The number of hydrogen-bond acceptors (Lipinski definition) is 3. The maximum Gasteiger partial charge on any atom is 0.271 e. The molecule has 0 spiro atoms. The van der Waals surface area contributed by atoms with Crippen molar-refractivity contribution >= 4 is 23.2 Å². The lowest BCUT2D eigenvalue weighted by atomic mass is 10.0. The van der Waals surface area contributed by atoms with Gasteiger partial charge in [0.05, 0.1) is 5.56 Å². The van der Waals surface area contributed by atoms with Crippen molar-refractivity contribution in [3.63, 3.8) is 0 Å². The number of aromatic nitrogens is 1. The lowest BCUT2D eigenvalue weighted by molar-refractivity contribution is 0.0943. The molecular formula is C14H16N4OS. The van der Waals surface area contributed by atoms with Gasteiger partial charge in [0.2, 0.25) is 0 Å². The van der Waals surface area contributed by atoms with Crippen LogP contribution >= 0.6 is 12.2 Å². The fraction of sp³-hybridized carbons (Fsp3) is 0.357. The van der Waals surface area contributed by atoms with Crippen LogP contribution in [-0.4, -0.2) is 22.0 Å². The summed E-state index contributed by atoms with van der Waals surface area (Å²) >= 11 is 5.20. The smallest absolute Gasteiger partial charge is 0.271 e. The molecule has 0 aliphatic heterocycles. The van der Waals surface area contributed by atoms with E-state index in [0.29, 0.717) is 28.6 Å². The summed E-state index contributed by atoms with van der Waals surface area (Å²) < 4.78 is 0. The number of nitrogens with one attached hydrogen (secondary N) is 3. The van der Waals surface area contributed by atoms with E-state index in [1.807, 2.05) is 0 Å². The number of carbonyl (C=O) groups excluding carboxylic acids is 1. The predicted octanol–water partition coefficient (Wildman–Crippen LogP) is 1.16. The number of hydrogen-bond donors (Lipinski definition) is 3. The van der Waals surface area contributed by atoms with Gasteiger partial charge in [-0.1, -0.05) is 12.2 Å². The second-order valence-electron chi connectivity index (χ2n) is 5.18. The van der Waals surface area contributed by atoms with Gasteiger partial charge >= 0.3 is 0 Å². The maximum absolute atomic E-state index is 11.8. The van der Waals surface area contributed by atoms with Gasteiger partial charge in [-0.3, -0.25) is 20.6 Å². The largest absolute Gasteiger partial charge is 0.358 e. The molecule has 2 aliphatic carbocycles. The molecule has 3 N–H and O–H groups in total. The van der Waals surface area contributed by atoms with Crippen molar-refractivity contribution in [3.8, 4) is 0 Å². The van der Waals surface area contributed by atoms with Gasteiger partial charge < -0.3 is 5.32 Å². The molecule has 0 aromatic carbocycles. The van der Waals surface area contributed by atoms with Crippen LogP contribution in [0.15, 0.2) is 36.7 Å². The fourth-order valence-corrected chi connectivity index (χ4v) is 3.04. The normalized spacial score (nSPS) is 26.3. The highest BCUT2D eigenvalue weighted by molar-refractivity contribution is 7.80. The van der Waals surface area contributed by atoms with Crippen LogP contribution in [0.5, 0.6) is 0 Å². The van der Waals surface area contributed by atoms with E-state index in [9.17, 15) is 4.79 Å². The highest BCUT2D eigenvalue weighted by atomic mass is 32.1. The Morgan fingerprint density at radius 1 is 1.30 bits per heavy atom. The molecule has 0 radical (unpaired) electrons. The number of allylic oxidation sites excluding steroid dienone is 1. The van der Waals surface area contributed by atoms with Crippen LogP contribution in [0.25, 0.3) is 0 Å². The lowest BCUT2D eigenvalue weighted by Crippen LogP contribution is -2.50. The van der Waals surface area contributed by atoms with E-state index in [0.717, 1.165) is 6.42 Å². The van der Waals surface area contributed by atoms with Crippen molar-refractivity contribution in [2.75, 3.05) is 0 Å². The molecule has 1 fully saturated rings. The Bertz CT molecular complexity index is 545. The first kappa shape index (κ1) is 13.1. The van der Waals surface area contributed by atoms with Crippen molar-refractivity contribution < 1.29 is 4.79 Å². The molecule has 20 heavy (non-hydrogen) atoms. The Morgan fingerprint density at radius 3 is 2.85 bits per heavy atom. The zero-order chi connectivity index (χ0) is 13.9. The predicted molar refractivity (Wildman–Crippen MR) is 79.7 cm³/mol. The second-order valence-corrected chi connectivity index (χ2v) is 5.59. The molecule has 2 bridgehead atoms. The number of amides is 1. The number of pyridine rings is 1. The van der Waals surface area contributed by atoms with Gasteiger partial charge in [0.1, 0.15) is 0 Å². The molecule has 2 aliphatic rings. The average Bonchev–Trinajstić information content (AvgIpc) is 3.08. The average molecular weight is 288 g/mol. The molecule has 3 atom stereocenters. The van der Waals surface area contributed by atoms with Crippen molar-refractivity contribution in [1.82, 2.24) is 21.2 Å². The van der Waals surface area contributed by atoms with Crippen molar-refractivity contribution in [1.29, 1.82) is 0 Å². The van der Waals surface area contributed by atoms with Crippen LogP contribution in [-0.2, 0) is 0 Å². The molecule has 3 rings (SSSR count). The number of nitrogens with zero attached hydrogens (tertiary/aromatic N) is 1. The van der Waals surface area contributed by atoms with E-state index >= 15 is 0 Å². The number of hydrazine groups is 1. The molecule has 6 heteroatoms. The summed E-state index contributed by atoms with van der Waals surface area (Å²) in [4.78, 5) is 15.7. The second kappa shape index (κ2) is 5.58. The number of thiocarbonyl (C=S) groups is 1. The third-order valence-electron chi connectivity index (χ3n) is 3.81. The first-order valence-corrected chi connectivity index (χ1v) is 7.08. The number of fused-ring (bicyclic) bond motifs is 2. The van der Waals surface area contributed by atoms with E-state index in [1.54, 1.807) is 18.3 Å². The van der Waals surface area contributed by atoms with E-state index in [-0.39, 0.29) is 5.91 Å². The number of rotatable bonds is 2. The highest BCUT2D eigenvalue weighted by Crippen LogP contribution is 2.38. The molecule has 0 saturated heterocycles. The molecule has 1 aromatic rings. The van der Waals surface area contributed by atoms with E-state index < -0.39 is 0 Å². The van der Waals surface area contributed by atoms with Gasteiger partial charge in [0.15, 0.2) is 5.11 Å². The maximum atomic E-state index is 11.8. The summed E-state index contributed by atoms with van der Waals surface area (Å²) in [6, 6.07) is 3.79. The van der Waals surface area contributed by atoms with Gasteiger partial charge in [-0.15, -0.1) is 0 Å². The van der Waals surface area contributed by atoms with Gasteiger partial charge in [-0.2, -0.15) is 0 Å². The number of carbonyl (C=O) groups is 1. The third-order valence-corrected chi connectivity index (χ3v) is 4.03. The molecule has 104 valence electrons. The fourth-order valence-electron chi connectivity index (χ4n) is 2.83. The Kier molecular flexibility index (Phi) is 3.64. The summed E-state index contributed by atoms with van der Waals surface area (Å²) in [7, 11) is 0. The highest BCUT2D eigenvalue weighted by Gasteiger charge is 2.35. The van der Waals surface area contributed by atoms with E-state index in [1.165, 1.54) is 12.6 Å². The van der Waals surface area contributed by atoms with Gasteiger partial charge in [0, 0.05) is 18.4 Å². The third kappa shape index (κ3) is 2.80. The van der Waals surface area contributed by atoms with Crippen LogP contribution < -0.4 is 16.2 Å². The minimum Gasteiger partial charge on any atom is -0.358 e. The minimum absolute atomic E-state index is 0.255. The lowest BCUT2D eigenvalue weighted by Gasteiger charge is -2.21. The quantitative estimate of drug-likeness (QED) is 0.433. The van der Waals surface area contributed by atoms with E-state index in [4.69, 9.17) is 12.2 Å². The Labute approximate surface area is 122 Å². The summed E-state index contributed by atoms with van der Waals surface area (Å²) in [5, 5.41) is 3.71. The Morgan fingerprint density at radius 2 is 2.20 bits per heavy atom. The first-order chi connectivity index (χ1) is 9.72. The topological polar surface area (TPSA) is 66.1 Å². The molecule has 0 unspecified atom stereocenters. The first-order valence-electron chi connectivity index (χ1n) is 6.67. The molecule has 1 heterocycles. The van der Waals surface area contributed by atoms with Crippen LogP contribution in [0.2, 0.25) is 0 Å². The standard InChI is InChI=1S/C14H16N4OS/c19-13(11-2-1-5-15-8-11)17-18-14(20)16-12-7-9-3-4-10(12)6-9/h1-5,8-10,12H,6-7H2,(H,17,19)(H2,16,18,20)/t9-,10+,12-/m0/s1. The molecular weight excluding hydrogens is 272 g/mol. The summed E-state index contributed by atoms with van der Waals surface area (Å²) in [5.41, 5.74) is 5.79. The van der Waals surface area contributed by atoms with Crippen LogP contribution in [0.3, 0.4) is 0 Å². The van der Waals surface area contributed by atoms with Crippen molar-refractivity contribution in [3.05, 3.63) is 42.2 Å². The SMILES string of the molecule is O=C(NNC(=S)N[C@H]1C[C@H]2C=C[C@@H]1C2)c1cccnc1. The van der Waals surface area contributed by atoms with Gasteiger partial charge in [-0.25, -0.2) is 0 Å². The van der Waals surface area contributed by atoms with Crippen LogP contribution in [0.1, 0.15) is 23.2 Å². The van der Waals surface area contributed by atoms with Gasteiger partial charge in [-0.05, 0) is 49.0 Å². The van der Waals surface area contributed by atoms with Gasteiger partial charge in [0.25, 0.3) is 5.91 Å². The van der Waals surface area contributed by atoms with Crippen LogP contribution in [0, 0.1) is 11.8 Å². The molecule has 5 nitrogen and oxygen atoms in total. The van der Waals surface area contributed by atoms with E-state index in [2.05, 4.69) is 33.3 Å². The monoisotopic (exact) mass is 288 g/mol. The Hall–Kier alpha value is -1.95. The van der Waals surface area contributed by atoms with Crippen molar-refractivity contribution in [2.24, 2.45) is 11.8 Å². The van der Waals surface area contributed by atoms with Crippen molar-refractivity contribution in [2.45, 2.75) is 18.9 Å². The summed E-state index contributed by atoms with van der Waals surface area (Å²) in [6.07, 6.45) is 9.99. The Balaban J connectivity index is 1.46. The zero-order valence-corrected chi connectivity index (χ0v) is 11.7. The molecule has 1 aromatic heterocycles.